The lowest BCUT2D eigenvalue weighted by Crippen LogP contribution is -2.49. The maximum Gasteiger partial charge on any atom is 0.0298 e. The second-order valence-corrected chi connectivity index (χ2v) is 4.71. The number of nitrogens with two attached hydrogens (primary N) is 1. The maximum atomic E-state index is 5.85. The Labute approximate surface area is 99.5 Å². The molecular weight excluding hydrogens is 196 g/mol. The van der Waals surface area contributed by atoms with Gasteiger partial charge in [-0.3, -0.25) is 4.90 Å². The molecule has 1 atom stereocenters. The van der Waals surface area contributed by atoms with Gasteiger partial charge < -0.3 is 5.73 Å². The zero-order valence-corrected chi connectivity index (χ0v) is 10.7. The zero-order chi connectivity index (χ0) is 12.0. The minimum Gasteiger partial charge on any atom is -0.329 e. The first-order valence-corrected chi connectivity index (χ1v) is 6.07. The number of nitrogens with zero attached hydrogens (tertiary/aromatic N) is 1. The molecule has 90 valence electrons. The summed E-state index contributed by atoms with van der Waals surface area (Å²) in [6, 6.07) is 10.6. The topological polar surface area (TPSA) is 29.3 Å². The van der Waals surface area contributed by atoms with Gasteiger partial charge >= 0.3 is 0 Å². The number of hydrogen-bond acceptors (Lipinski definition) is 2. The lowest BCUT2D eigenvalue weighted by Gasteiger charge is -2.37. The highest BCUT2D eigenvalue weighted by molar-refractivity contribution is 5.14. The summed E-state index contributed by atoms with van der Waals surface area (Å²) >= 11 is 0. The molecule has 0 radical (unpaired) electrons. The standard InChI is InChI=1S/C14H24N2/c1-4-14(2,12-15)16(3)11-10-13-8-6-5-7-9-13/h5-9H,4,10-12,15H2,1-3H3. The molecule has 16 heavy (non-hydrogen) atoms. The molecule has 0 heterocycles. The predicted molar refractivity (Wildman–Crippen MR) is 70.5 cm³/mol. The minimum atomic E-state index is 0.134. The van der Waals surface area contributed by atoms with Gasteiger partial charge in [-0.05, 0) is 32.4 Å². The number of hydrogen-bond donors (Lipinski definition) is 1. The molecular formula is C14H24N2. The molecule has 0 fully saturated rings. The molecule has 0 aliphatic rings. The molecule has 0 amide bonds. The van der Waals surface area contributed by atoms with Gasteiger partial charge in [-0.1, -0.05) is 37.3 Å². The Balaban J connectivity index is 2.49. The Kier molecular flexibility index (Phi) is 4.97. The van der Waals surface area contributed by atoms with E-state index in [1.807, 2.05) is 0 Å². The fourth-order valence-electron chi connectivity index (χ4n) is 1.78. The highest BCUT2D eigenvalue weighted by Gasteiger charge is 2.24. The largest absolute Gasteiger partial charge is 0.329 e. The monoisotopic (exact) mass is 220 g/mol. The molecule has 0 aromatic heterocycles. The Morgan fingerprint density at radius 2 is 1.88 bits per heavy atom. The van der Waals surface area contributed by atoms with Crippen LogP contribution in [0.2, 0.25) is 0 Å². The first-order valence-electron chi connectivity index (χ1n) is 6.07. The third-order valence-electron chi connectivity index (χ3n) is 3.70. The summed E-state index contributed by atoms with van der Waals surface area (Å²) < 4.78 is 0. The van der Waals surface area contributed by atoms with Crippen LogP contribution in [0.4, 0.5) is 0 Å². The molecule has 1 aromatic carbocycles. The van der Waals surface area contributed by atoms with Crippen LogP contribution >= 0.6 is 0 Å². The molecule has 2 nitrogen and oxygen atoms in total. The molecule has 0 spiro atoms. The van der Waals surface area contributed by atoms with Crippen molar-refractivity contribution in [2.75, 3.05) is 20.1 Å². The van der Waals surface area contributed by atoms with E-state index < -0.39 is 0 Å². The molecule has 1 unspecified atom stereocenters. The smallest absolute Gasteiger partial charge is 0.0298 e. The summed E-state index contributed by atoms with van der Waals surface area (Å²) in [5.41, 5.74) is 7.37. The van der Waals surface area contributed by atoms with E-state index in [9.17, 15) is 0 Å². The second kappa shape index (κ2) is 6.02. The fraction of sp³-hybridized carbons (Fsp3) is 0.571. The van der Waals surface area contributed by atoms with Crippen molar-refractivity contribution in [3.63, 3.8) is 0 Å². The summed E-state index contributed by atoms with van der Waals surface area (Å²) in [6.45, 7) is 6.21. The SMILES string of the molecule is CCC(C)(CN)N(C)CCc1ccccc1. The fourth-order valence-corrected chi connectivity index (χ4v) is 1.78. The number of rotatable bonds is 6. The predicted octanol–water partition coefficient (Wildman–Crippen LogP) is 2.29. The van der Waals surface area contributed by atoms with Crippen molar-refractivity contribution in [1.29, 1.82) is 0 Å². The molecule has 2 heteroatoms. The van der Waals surface area contributed by atoms with Crippen LogP contribution in [0.15, 0.2) is 30.3 Å². The molecule has 1 aromatic rings. The van der Waals surface area contributed by atoms with Crippen LogP contribution in [0, 0.1) is 0 Å². The van der Waals surface area contributed by atoms with Crippen molar-refractivity contribution < 1.29 is 0 Å². The van der Waals surface area contributed by atoms with Crippen LogP contribution in [-0.4, -0.2) is 30.6 Å². The van der Waals surface area contributed by atoms with Gasteiger partial charge in [0.05, 0.1) is 0 Å². The van der Waals surface area contributed by atoms with Crippen molar-refractivity contribution in [1.82, 2.24) is 4.90 Å². The van der Waals surface area contributed by atoms with Crippen molar-refractivity contribution in [3.05, 3.63) is 35.9 Å². The summed E-state index contributed by atoms with van der Waals surface area (Å²) in [5.74, 6) is 0. The summed E-state index contributed by atoms with van der Waals surface area (Å²) in [6.07, 6.45) is 2.18. The van der Waals surface area contributed by atoms with Crippen molar-refractivity contribution in [3.8, 4) is 0 Å². The minimum absolute atomic E-state index is 0.134. The van der Waals surface area contributed by atoms with E-state index in [2.05, 4.69) is 56.1 Å². The quantitative estimate of drug-likeness (QED) is 0.797. The van der Waals surface area contributed by atoms with Crippen LogP contribution < -0.4 is 5.73 Å². The highest BCUT2D eigenvalue weighted by atomic mass is 15.2. The molecule has 1 rings (SSSR count). The maximum absolute atomic E-state index is 5.85. The lowest BCUT2D eigenvalue weighted by atomic mass is 9.96. The van der Waals surface area contributed by atoms with Crippen molar-refractivity contribution >= 4 is 0 Å². The molecule has 0 saturated carbocycles. The van der Waals surface area contributed by atoms with Crippen LogP contribution in [0.3, 0.4) is 0 Å². The van der Waals surface area contributed by atoms with Gasteiger partial charge in [-0.15, -0.1) is 0 Å². The van der Waals surface area contributed by atoms with E-state index in [0.717, 1.165) is 25.9 Å². The second-order valence-electron chi connectivity index (χ2n) is 4.71. The molecule has 0 aliphatic heterocycles. The third-order valence-corrected chi connectivity index (χ3v) is 3.70. The van der Waals surface area contributed by atoms with Gasteiger partial charge in [0.1, 0.15) is 0 Å². The van der Waals surface area contributed by atoms with Crippen LogP contribution in [0.5, 0.6) is 0 Å². The molecule has 2 N–H and O–H groups in total. The molecule has 0 aliphatic carbocycles. The molecule has 0 saturated heterocycles. The Morgan fingerprint density at radius 3 is 2.38 bits per heavy atom. The van der Waals surface area contributed by atoms with Gasteiger partial charge in [0.2, 0.25) is 0 Å². The van der Waals surface area contributed by atoms with E-state index in [1.165, 1.54) is 5.56 Å². The average Bonchev–Trinajstić information content (AvgIpc) is 2.36. The first-order chi connectivity index (χ1) is 7.62. The zero-order valence-electron chi connectivity index (χ0n) is 10.7. The van der Waals surface area contributed by atoms with Gasteiger partial charge in [0, 0.05) is 18.6 Å². The lowest BCUT2D eigenvalue weighted by molar-refractivity contribution is 0.141. The van der Waals surface area contributed by atoms with E-state index in [1.54, 1.807) is 0 Å². The summed E-state index contributed by atoms with van der Waals surface area (Å²) in [4.78, 5) is 2.38. The normalized spacial score (nSPS) is 15.1. The van der Waals surface area contributed by atoms with E-state index >= 15 is 0 Å². The summed E-state index contributed by atoms with van der Waals surface area (Å²) in [7, 11) is 2.17. The molecule has 0 bridgehead atoms. The van der Waals surface area contributed by atoms with E-state index in [-0.39, 0.29) is 5.54 Å². The van der Waals surface area contributed by atoms with Crippen LogP contribution in [-0.2, 0) is 6.42 Å². The Hall–Kier alpha value is -0.860. The van der Waals surface area contributed by atoms with Gasteiger partial charge in [0.15, 0.2) is 0 Å². The van der Waals surface area contributed by atoms with Gasteiger partial charge in [-0.2, -0.15) is 0 Å². The van der Waals surface area contributed by atoms with E-state index in [0.29, 0.717) is 0 Å². The van der Waals surface area contributed by atoms with Crippen LogP contribution in [0.25, 0.3) is 0 Å². The number of likely N-dealkylation sites (N-methyl/N-ethyl adjacent to an activating group) is 1. The third kappa shape index (κ3) is 3.32. The van der Waals surface area contributed by atoms with Crippen molar-refractivity contribution in [2.45, 2.75) is 32.2 Å². The van der Waals surface area contributed by atoms with Crippen LogP contribution in [0.1, 0.15) is 25.8 Å². The average molecular weight is 220 g/mol. The van der Waals surface area contributed by atoms with Gasteiger partial charge in [-0.25, -0.2) is 0 Å². The van der Waals surface area contributed by atoms with E-state index in [4.69, 9.17) is 5.73 Å². The Bertz CT molecular complexity index is 291. The Morgan fingerprint density at radius 1 is 1.25 bits per heavy atom. The van der Waals surface area contributed by atoms with Gasteiger partial charge in [0.25, 0.3) is 0 Å². The van der Waals surface area contributed by atoms with Crippen molar-refractivity contribution in [2.24, 2.45) is 5.73 Å². The number of benzene rings is 1. The highest BCUT2D eigenvalue weighted by Crippen LogP contribution is 2.16. The summed E-state index contributed by atoms with van der Waals surface area (Å²) in [5, 5.41) is 0. The first kappa shape index (κ1) is 13.2.